The lowest BCUT2D eigenvalue weighted by atomic mass is 10.1. The highest BCUT2D eigenvalue weighted by atomic mass is 16.5. The van der Waals surface area contributed by atoms with Crippen LogP contribution in [0.5, 0.6) is 5.75 Å². The minimum Gasteiger partial charge on any atom is -0.488 e. The number of pyridine rings is 1. The number of hydrogen-bond donors (Lipinski definition) is 2. The fraction of sp³-hybridized carbons (Fsp3) is 0.552. The Bertz CT molecular complexity index is 1070. The molecule has 1 saturated heterocycles. The van der Waals surface area contributed by atoms with E-state index in [0.29, 0.717) is 18.9 Å². The average molecular weight is 513 g/mol. The third-order valence-electron chi connectivity index (χ3n) is 6.84. The van der Waals surface area contributed by atoms with E-state index >= 15 is 0 Å². The molecule has 1 aliphatic heterocycles. The predicted molar refractivity (Wildman–Crippen MR) is 148 cm³/mol. The molecule has 1 saturated carbocycles. The lowest BCUT2D eigenvalue weighted by Gasteiger charge is -2.30. The van der Waals surface area contributed by atoms with Crippen molar-refractivity contribution in [3.63, 3.8) is 0 Å². The second kappa shape index (κ2) is 13.3. The van der Waals surface area contributed by atoms with Crippen molar-refractivity contribution in [2.75, 3.05) is 13.7 Å². The molecular weight excluding hydrogens is 468 g/mol. The van der Waals surface area contributed by atoms with Crippen LogP contribution in [0.1, 0.15) is 61.3 Å². The van der Waals surface area contributed by atoms with E-state index in [9.17, 15) is 9.59 Å². The number of aromatic nitrogens is 1. The molecule has 2 fully saturated rings. The molecule has 8 heteroatoms. The van der Waals surface area contributed by atoms with Crippen LogP contribution in [0.15, 0.2) is 48.8 Å². The number of amides is 2. The summed E-state index contributed by atoms with van der Waals surface area (Å²) in [5, 5.41) is 7.05. The van der Waals surface area contributed by atoms with Gasteiger partial charge < -0.3 is 25.0 Å². The Morgan fingerprint density at radius 3 is 2.46 bits per heavy atom. The number of methoxy groups -OCH3 is 1. The Hall–Kier alpha value is -3.29. The maximum Gasteiger partial charge on any atom is 0.407 e. The number of hydrogen-bond acceptors (Lipinski definition) is 6. The second-order valence-corrected chi connectivity index (χ2v) is 9.34. The van der Waals surface area contributed by atoms with E-state index in [1.807, 2.05) is 58.0 Å². The van der Waals surface area contributed by atoms with Gasteiger partial charge in [-0.25, -0.2) is 4.79 Å². The molecule has 204 valence electrons. The molecule has 1 aliphatic carbocycles. The Kier molecular flexibility index (Phi) is 10.8. The number of carbonyl (C=O) groups excluding carboxylic acids is 2. The molecule has 0 spiro atoms. The van der Waals surface area contributed by atoms with E-state index in [4.69, 9.17) is 4.74 Å². The van der Waals surface area contributed by atoms with Gasteiger partial charge in [-0.1, -0.05) is 53.3 Å². The highest BCUT2D eigenvalue weighted by Gasteiger charge is 2.49. The molecule has 5 atom stereocenters. The molecule has 2 aromatic rings. The topological polar surface area (TPSA) is 92.8 Å². The van der Waals surface area contributed by atoms with Crippen molar-refractivity contribution < 1.29 is 19.1 Å². The summed E-state index contributed by atoms with van der Waals surface area (Å²) in [6, 6.07) is 8.68. The number of carbonyl (C=O) groups is 2. The Balaban J connectivity index is 0.00000115. The smallest absolute Gasteiger partial charge is 0.407 e. The van der Waals surface area contributed by atoms with Gasteiger partial charge in [0.2, 0.25) is 5.91 Å². The summed E-state index contributed by atoms with van der Waals surface area (Å²) in [6.07, 6.45) is 2.53. The van der Waals surface area contributed by atoms with Gasteiger partial charge in [-0.15, -0.1) is 0 Å². The fourth-order valence-electron chi connectivity index (χ4n) is 4.56. The lowest BCUT2D eigenvalue weighted by Crippen LogP contribution is -2.50. The maximum atomic E-state index is 13.3. The van der Waals surface area contributed by atoms with Gasteiger partial charge >= 0.3 is 6.09 Å². The molecule has 1 aromatic carbocycles. The number of likely N-dealkylation sites (tertiary alicyclic amines) is 1. The molecule has 2 heterocycles. The minimum atomic E-state index is -0.733. The van der Waals surface area contributed by atoms with Crippen LogP contribution in [0.4, 0.5) is 4.79 Å². The lowest BCUT2D eigenvalue weighted by molar-refractivity contribution is -0.133. The second-order valence-electron chi connectivity index (χ2n) is 9.34. The summed E-state index contributed by atoms with van der Waals surface area (Å²) >= 11 is 0. The van der Waals surface area contributed by atoms with Crippen molar-refractivity contribution in [1.29, 1.82) is 0 Å². The zero-order valence-corrected chi connectivity index (χ0v) is 23.6. The van der Waals surface area contributed by atoms with E-state index in [1.165, 1.54) is 7.11 Å². The molecule has 0 bridgehead atoms. The highest BCUT2D eigenvalue weighted by molar-refractivity contribution is 5.86. The van der Waals surface area contributed by atoms with Crippen LogP contribution in [0.2, 0.25) is 0 Å². The van der Waals surface area contributed by atoms with Gasteiger partial charge in [-0.3, -0.25) is 9.78 Å². The molecule has 8 nitrogen and oxygen atoms in total. The largest absolute Gasteiger partial charge is 0.488 e. The number of nitrogens with zero attached hydrogens (tertiary/aromatic N) is 2. The molecule has 0 radical (unpaired) electrons. The zero-order valence-electron chi connectivity index (χ0n) is 23.6. The highest BCUT2D eigenvalue weighted by Crippen LogP contribution is 2.43. The fourth-order valence-corrected chi connectivity index (χ4v) is 4.56. The van der Waals surface area contributed by atoms with Crippen LogP contribution >= 0.6 is 0 Å². The van der Waals surface area contributed by atoms with Gasteiger partial charge in [-0.2, -0.15) is 0 Å². The van der Waals surface area contributed by atoms with Gasteiger partial charge in [-0.05, 0) is 44.4 Å². The van der Waals surface area contributed by atoms with E-state index < -0.39 is 12.1 Å². The number of para-hydroxylation sites is 1. The molecular formula is C29H44N4O4. The summed E-state index contributed by atoms with van der Waals surface area (Å²) in [5.74, 6) is 1.09. The summed E-state index contributed by atoms with van der Waals surface area (Å²) in [5.41, 5.74) is 1.66. The van der Waals surface area contributed by atoms with Crippen molar-refractivity contribution >= 4 is 22.9 Å². The van der Waals surface area contributed by atoms with Crippen molar-refractivity contribution in [2.45, 2.75) is 85.0 Å². The molecule has 37 heavy (non-hydrogen) atoms. The van der Waals surface area contributed by atoms with Crippen LogP contribution in [-0.2, 0) is 9.53 Å². The maximum absolute atomic E-state index is 13.3. The zero-order chi connectivity index (χ0) is 27.8. The van der Waals surface area contributed by atoms with Crippen LogP contribution in [0, 0.1) is 5.92 Å². The molecule has 1 aromatic heterocycles. The van der Waals surface area contributed by atoms with Gasteiger partial charge in [0, 0.05) is 29.2 Å². The third kappa shape index (κ3) is 7.14. The average Bonchev–Trinajstić information content (AvgIpc) is 3.29. The van der Waals surface area contributed by atoms with Crippen molar-refractivity contribution in [3.05, 3.63) is 48.8 Å². The third-order valence-corrected chi connectivity index (χ3v) is 6.84. The Labute approximate surface area is 221 Å². The van der Waals surface area contributed by atoms with E-state index in [1.54, 1.807) is 18.0 Å². The first-order valence-corrected chi connectivity index (χ1v) is 13.3. The number of benzene rings is 1. The van der Waals surface area contributed by atoms with Crippen molar-refractivity contribution in [1.82, 2.24) is 20.5 Å². The predicted octanol–water partition coefficient (Wildman–Crippen LogP) is 5.28. The first kappa shape index (κ1) is 29.9. The first-order chi connectivity index (χ1) is 17.7. The SMILES string of the molecule is C=C(NC1(C)CC1C)C1CC(Oc2ccnc3ccccc23)CN1C(=O)C(C)NC(=O)OC.CC.CC. The van der Waals surface area contributed by atoms with Gasteiger partial charge in [0.1, 0.15) is 17.9 Å². The number of ether oxygens (including phenoxy) is 2. The van der Waals surface area contributed by atoms with Crippen LogP contribution in [-0.4, -0.2) is 59.3 Å². The first-order valence-electron chi connectivity index (χ1n) is 13.3. The van der Waals surface area contributed by atoms with Crippen LogP contribution < -0.4 is 15.4 Å². The molecule has 2 N–H and O–H groups in total. The summed E-state index contributed by atoms with van der Waals surface area (Å²) in [7, 11) is 1.28. The van der Waals surface area contributed by atoms with E-state index in [2.05, 4.69) is 40.8 Å². The standard InChI is InChI=1S/C25H32N4O4.2C2H6/c1-15-13-25(15,4)28-16(2)21-12-18(14-29(21)23(30)17(3)27-24(31)32-5)33-22-10-11-26-20-9-7-6-8-19(20)22;2*1-2/h6-11,15,17-18,21,28H,2,12-14H2,1,3-5H3,(H,27,31);2*1-2H3. The van der Waals surface area contributed by atoms with Crippen LogP contribution in [0.3, 0.4) is 0 Å². The van der Waals surface area contributed by atoms with Crippen LogP contribution in [0.25, 0.3) is 10.9 Å². The van der Waals surface area contributed by atoms with Crippen molar-refractivity contribution in [3.8, 4) is 5.75 Å². The van der Waals surface area contributed by atoms with Gasteiger partial charge in [0.15, 0.2) is 0 Å². The number of alkyl carbamates (subject to hydrolysis) is 1. The number of fused-ring (bicyclic) bond motifs is 1. The Morgan fingerprint density at radius 2 is 1.84 bits per heavy atom. The molecule has 2 amide bonds. The minimum absolute atomic E-state index is 0.00191. The number of rotatable bonds is 7. The van der Waals surface area contributed by atoms with Crippen molar-refractivity contribution in [2.24, 2.45) is 5.92 Å². The molecule has 5 unspecified atom stereocenters. The van der Waals surface area contributed by atoms with E-state index in [0.717, 1.165) is 28.8 Å². The molecule has 4 rings (SSSR count). The van der Waals surface area contributed by atoms with Gasteiger partial charge in [0.25, 0.3) is 0 Å². The van der Waals surface area contributed by atoms with E-state index in [-0.39, 0.29) is 23.6 Å². The molecule has 2 aliphatic rings. The Morgan fingerprint density at radius 1 is 1.19 bits per heavy atom. The monoisotopic (exact) mass is 512 g/mol. The summed E-state index contributed by atoms with van der Waals surface area (Å²) < 4.78 is 11.0. The summed E-state index contributed by atoms with van der Waals surface area (Å²) in [6.45, 7) is 18.7. The summed E-state index contributed by atoms with van der Waals surface area (Å²) in [4.78, 5) is 31.1. The number of nitrogens with one attached hydrogen (secondary N) is 2. The normalized spacial score (nSPS) is 24.4. The van der Waals surface area contributed by atoms with Gasteiger partial charge in [0.05, 0.1) is 25.2 Å². The quantitative estimate of drug-likeness (QED) is 0.524.